The number of likely N-dealkylation sites (N-methyl/N-ethyl adjacent to an activating group) is 1. The molecular formula is C20H28N4O3S. The van der Waals surface area contributed by atoms with Crippen LogP contribution in [0.15, 0.2) is 18.2 Å². The SMILES string of the molecule is COc1ccc(CCN(C)C2CCCN(C(=O)c3snnc3C)C2)cc1OC. The number of nitrogens with zero attached hydrogens (tertiary/aromatic N) is 4. The summed E-state index contributed by atoms with van der Waals surface area (Å²) in [7, 11) is 5.44. The Morgan fingerprint density at radius 3 is 2.79 bits per heavy atom. The van der Waals surface area contributed by atoms with Gasteiger partial charge in [-0.1, -0.05) is 10.6 Å². The van der Waals surface area contributed by atoms with Gasteiger partial charge in [-0.2, -0.15) is 0 Å². The lowest BCUT2D eigenvalue weighted by Gasteiger charge is -2.37. The molecule has 1 aliphatic rings. The van der Waals surface area contributed by atoms with Crippen molar-refractivity contribution in [2.75, 3.05) is 40.9 Å². The first-order chi connectivity index (χ1) is 13.5. The van der Waals surface area contributed by atoms with Crippen molar-refractivity contribution >= 4 is 17.4 Å². The molecule has 1 atom stereocenters. The van der Waals surface area contributed by atoms with Gasteiger partial charge in [-0.05, 0) is 62.5 Å². The smallest absolute Gasteiger partial charge is 0.267 e. The molecule has 1 aliphatic heterocycles. The Morgan fingerprint density at radius 2 is 2.11 bits per heavy atom. The van der Waals surface area contributed by atoms with E-state index in [1.807, 2.05) is 24.0 Å². The number of carbonyl (C=O) groups excluding carboxylic acids is 1. The van der Waals surface area contributed by atoms with Gasteiger partial charge in [-0.15, -0.1) is 5.10 Å². The molecule has 0 bridgehead atoms. The second-order valence-electron chi connectivity index (χ2n) is 7.15. The summed E-state index contributed by atoms with van der Waals surface area (Å²) < 4.78 is 14.6. The van der Waals surface area contributed by atoms with Gasteiger partial charge in [0.15, 0.2) is 11.5 Å². The highest BCUT2D eigenvalue weighted by Gasteiger charge is 2.28. The fourth-order valence-corrected chi connectivity index (χ4v) is 4.22. The standard InChI is InChI=1S/C20H28N4O3S/c1-14-19(28-22-21-14)20(25)24-10-5-6-16(13-24)23(2)11-9-15-7-8-17(26-3)18(12-15)27-4/h7-8,12,16H,5-6,9-11,13H2,1-4H3. The van der Waals surface area contributed by atoms with E-state index < -0.39 is 0 Å². The van der Waals surface area contributed by atoms with E-state index in [9.17, 15) is 4.79 Å². The summed E-state index contributed by atoms with van der Waals surface area (Å²) in [6.45, 7) is 4.31. The Morgan fingerprint density at radius 1 is 1.32 bits per heavy atom. The largest absolute Gasteiger partial charge is 0.493 e. The molecule has 1 unspecified atom stereocenters. The van der Waals surface area contributed by atoms with Crippen molar-refractivity contribution in [3.8, 4) is 11.5 Å². The summed E-state index contributed by atoms with van der Waals surface area (Å²) in [5, 5.41) is 3.97. The van der Waals surface area contributed by atoms with Crippen LogP contribution >= 0.6 is 11.5 Å². The van der Waals surface area contributed by atoms with Gasteiger partial charge in [0.2, 0.25) is 0 Å². The Labute approximate surface area is 170 Å². The maximum atomic E-state index is 12.8. The van der Waals surface area contributed by atoms with Crippen molar-refractivity contribution in [2.24, 2.45) is 0 Å². The quantitative estimate of drug-likeness (QED) is 0.707. The van der Waals surface area contributed by atoms with E-state index in [1.165, 1.54) is 17.1 Å². The van der Waals surface area contributed by atoms with Crippen LogP contribution in [0.3, 0.4) is 0 Å². The molecule has 152 valence electrons. The number of amides is 1. The third kappa shape index (κ3) is 4.62. The summed E-state index contributed by atoms with van der Waals surface area (Å²) in [5.41, 5.74) is 1.93. The first-order valence-electron chi connectivity index (χ1n) is 9.52. The molecule has 1 aromatic heterocycles. The normalized spacial score (nSPS) is 17.0. The molecule has 1 aromatic carbocycles. The predicted octanol–water partition coefficient (Wildman–Crippen LogP) is 2.64. The number of hydrogen-bond donors (Lipinski definition) is 0. The number of likely N-dealkylation sites (tertiary alicyclic amines) is 1. The fraction of sp³-hybridized carbons (Fsp3) is 0.550. The summed E-state index contributed by atoms with van der Waals surface area (Å²) in [4.78, 5) is 17.7. The highest BCUT2D eigenvalue weighted by molar-refractivity contribution is 7.07. The Bertz CT molecular complexity index is 810. The van der Waals surface area contributed by atoms with Crippen LogP contribution in [-0.2, 0) is 6.42 Å². The lowest BCUT2D eigenvalue weighted by atomic mass is 10.0. The molecule has 0 N–H and O–H groups in total. The van der Waals surface area contributed by atoms with Crippen LogP contribution in [0.25, 0.3) is 0 Å². The van der Waals surface area contributed by atoms with Gasteiger partial charge in [0.05, 0.1) is 19.9 Å². The number of rotatable bonds is 7. The molecule has 3 rings (SSSR count). The minimum absolute atomic E-state index is 0.0606. The Kier molecular flexibility index (Phi) is 6.85. The number of benzene rings is 1. The van der Waals surface area contributed by atoms with E-state index in [1.54, 1.807) is 14.2 Å². The van der Waals surface area contributed by atoms with Gasteiger partial charge in [-0.25, -0.2) is 0 Å². The van der Waals surface area contributed by atoms with Crippen LogP contribution in [-0.4, -0.2) is 72.2 Å². The minimum atomic E-state index is 0.0606. The van der Waals surface area contributed by atoms with Crippen molar-refractivity contribution in [3.63, 3.8) is 0 Å². The van der Waals surface area contributed by atoms with Gasteiger partial charge in [-0.3, -0.25) is 4.79 Å². The summed E-state index contributed by atoms with van der Waals surface area (Å²) in [6.07, 6.45) is 3.04. The zero-order valence-corrected chi connectivity index (χ0v) is 17.8. The fourth-order valence-electron chi connectivity index (χ4n) is 3.59. The van der Waals surface area contributed by atoms with Gasteiger partial charge in [0.1, 0.15) is 4.88 Å². The van der Waals surface area contributed by atoms with Crippen molar-refractivity contribution in [2.45, 2.75) is 32.2 Å². The third-order valence-electron chi connectivity index (χ3n) is 5.35. The molecule has 0 radical (unpaired) electrons. The van der Waals surface area contributed by atoms with Crippen molar-refractivity contribution in [1.82, 2.24) is 19.4 Å². The van der Waals surface area contributed by atoms with Crippen LogP contribution in [0.2, 0.25) is 0 Å². The van der Waals surface area contributed by atoms with E-state index >= 15 is 0 Å². The van der Waals surface area contributed by atoms with Gasteiger partial charge in [0, 0.05) is 25.7 Å². The zero-order valence-electron chi connectivity index (χ0n) is 17.0. The first kappa shape index (κ1) is 20.5. The summed E-state index contributed by atoms with van der Waals surface area (Å²) >= 11 is 1.19. The van der Waals surface area contributed by atoms with Gasteiger partial charge >= 0.3 is 0 Å². The lowest BCUT2D eigenvalue weighted by molar-refractivity contribution is 0.0615. The Hall–Kier alpha value is -2.19. The maximum Gasteiger partial charge on any atom is 0.267 e. The van der Waals surface area contributed by atoms with E-state index in [2.05, 4.69) is 27.6 Å². The molecule has 8 heteroatoms. The van der Waals surface area contributed by atoms with E-state index in [0.29, 0.717) is 10.9 Å². The predicted molar refractivity (Wildman–Crippen MR) is 109 cm³/mol. The molecule has 2 aromatic rings. The highest BCUT2D eigenvalue weighted by atomic mass is 32.1. The molecular weight excluding hydrogens is 376 g/mol. The monoisotopic (exact) mass is 404 g/mol. The van der Waals surface area contributed by atoms with Gasteiger partial charge < -0.3 is 19.3 Å². The average molecular weight is 405 g/mol. The average Bonchev–Trinajstić information content (AvgIpc) is 3.17. The highest BCUT2D eigenvalue weighted by Crippen LogP contribution is 2.28. The third-order valence-corrected chi connectivity index (χ3v) is 6.17. The molecule has 0 spiro atoms. The van der Waals surface area contributed by atoms with Crippen molar-refractivity contribution < 1.29 is 14.3 Å². The van der Waals surface area contributed by atoms with Crippen molar-refractivity contribution in [1.29, 1.82) is 0 Å². The molecule has 0 aliphatic carbocycles. The zero-order chi connectivity index (χ0) is 20.1. The first-order valence-corrected chi connectivity index (χ1v) is 10.3. The molecule has 28 heavy (non-hydrogen) atoms. The summed E-state index contributed by atoms with van der Waals surface area (Å²) in [6, 6.07) is 6.41. The van der Waals surface area contributed by atoms with E-state index in [0.717, 1.165) is 56.1 Å². The minimum Gasteiger partial charge on any atom is -0.493 e. The number of methoxy groups -OCH3 is 2. The number of piperidine rings is 1. The van der Waals surface area contributed by atoms with Gasteiger partial charge in [0.25, 0.3) is 5.91 Å². The molecule has 2 heterocycles. The maximum absolute atomic E-state index is 12.8. The molecule has 1 saturated heterocycles. The van der Waals surface area contributed by atoms with Crippen LogP contribution in [0, 0.1) is 6.92 Å². The van der Waals surface area contributed by atoms with E-state index in [4.69, 9.17) is 9.47 Å². The number of ether oxygens (including phenoxy) is 2. The second kappa shape index (κ2) is 9.34. The van der Waals surface area contributed by atoms with E-state index in [-0.39, 0.29) is 5.91 Å². The molecule has 7 nitrogen and oxygen atoms in total. The van der Waals surface area contributed by atoms with Crippen LogP contribution < -0.4 is 9.47 Å². The number of carbonyl (C=O) groups is 1. The number of aryl methyl sites for hydroxylation is 1. The number of hydrogen-bond acceptors (Lipinski definition) is 7. The molecule has 0 saturated carbocycles. The van der Waals surface area contributed by atoms with Crippen LogP contribution in [0.4, 0.5) is 0 Å². The molecule has 1 fully saturated rings. The summed E-state index contributed by atoms with van der Waals surface area (Å²) in [5.74, 6) is 1.56. The van der Waals surface area contributed by atoms with Crippen LogP contribution in [0.1, 0.15) is 33.8 Å². The number of aromatic nitrogens is 2. The van der Waals surface area contributed by atoms with Crippen LogP contribution in [0.5, 0.6) is 11.5 Å². The second-order valence-corrected chi connectivity index (χ2v) is 7.91. The topological polar surface area (TPSA) is 67.8 Å². The molecule has 1 amide bonds. The lowest BCUT2D eigenvalue weighted by Crippen LogP contribution is -2.49. The van der Waals surface area contributed by atoms with Crippen molar-refractivity contribution in [3.05, 3.63) is 34.3 Å². The Balaban J connectivity index is 1.58.